The number of hydrogen-bond donors (Lipinski definition) is 2. The Kier molecular flexibility index (Phi) is 2.60. The van der Waals surface area contributed by atoms with Gasteiger partial charge in [0, 0.05) is 36.9 Å². The van der Waals surface area contributed by atoms with Gasteiger partial charge < -0.3 is 15.7 Å². The number of hydrogen-bond acceptors (Lipinski definition) is 3. The molecule has 1 unspecified atom stereocenters. The van der Waals surface area contributed by atoms with Crippen molar-refractivity contribution in [2.45, 2.75) is 6.42 Å². The minimum Gasteiger partial charge on any atom is -0.399 e. The van der Waals surface area contributed by atoms with Crippen LogP contribution in [0.5, 0.6) is 0 Å². The van der Waals surface area contributed by atoms with Crippen LogP contribution in [-0.2, 0) is 4.79 Å². The van der Waals surface area contributed by atoms with Crippen LogP contribution in [-0.4, -0.2) is 24.2 Å². The molecular weight excluding hydrogens is 192 g/mol. The second-order valence-electron chi connectivity index (χ2n) is 3.85. The van der Waals surface area contributed by atoms with Crippen LogP contribution in [0, 0.1) is 5.92 Å². The number of aliphatic hydroxyl groups is 1. The normalized spacial score (nSPS) is 21.0. The Morgan fingerprint density at radius 3 is 2.93 bits per heavy atom. The fourth-order valence-electron chi connectivity index (χ4n) is 1.85. The van der Waals surface area contributed by atoms with Gasteiger partial charge in [0.1, 0.15) is 0 Å². The molecule has 15 heavy (non-hydrogen) atoms. The lowest BCUT2D eigenvalue weighted by atomic mass is 10.1. The topological polar surface area (TPSA) is 66.6 Å². The lowest BCUT2D eigenvalue weighted by Gasteiger charge is -2.16. The van der Waals surface area contributed by atoms with E-state index in [1.165, 1.54) is 0 Å². The van der Waals surface area contributed by atoms with E-state index in [0.717, 1.165) is 5.69 Å². The average molecular weight is 206 g/mol. The summed E-state index contributed by atoms with van der Waals surface area (Å²) >= 11 is 0. The maximum Gasteiger partial charge on any atom is 0.227 e. The molecule has 1 aromatic rings. The van der Waals surface area contributed by atoms with Gasteiger partial charge in [0.05, 0.1) is 0 Å². The van der Waals surface area contributed by atoms with Crippen LogP contribution in [0.15, 0.2) is 24.3 Å². The lowest BCUT2D eigenvalue weighted by Crippen LogP contribution is -2.24. The van der Waals surface area contributed by atoms with E-state index < -0.39 is 0 Å². The average Bonchev–Trinajstić information content (AvgIpc) is 2.60. The van der Waals surface area contributed by atoms with E-state index in [0.29, 0.717) is 18.7 Å². The Morgan fingerprint density at radius 1 is 1.53 bits per heavy atom. The molecule has 1 fully saturated rings. The number of rotatable bonds is 2. The van der Waals surface area contributed by atoms with Crippen molar-refractivity contribution in [2.75, 3.05) is 23.8 Å². The highest BCUT2D eigenvalue weighted by molar-refractivity contribution is 5.96. The molecule has 1 amide bonds. The van der Waals surface area contributed by atoms with Crippen molar-refractivity contribution in [1.82, 2.24) is 0 Å². The molecule has 1 atom stereocenters. The predicted octanol–water partition coefficient (Wildman–Crippen LogP) is 0.614. The zero-order valence-corrected chi connectivity index (χ0v) is 8.39. The van der Waals surface area contributed by atoms with E-state index >= 15 is 0 Å². The first kappa shape index (κ1) is 9.98. The summed E-state index contributed by atoms with van der Waals surface area (Å²) < 4.78 is 0. The molecule has 0 radical (unpaired) electrons. The first-order valence-electron chi connectivity index (χ1n) is 4.97. The Morgan fingerprint density at radius 2 is 2.33 bits per heavy atom. The number of carbonyl (C=O) groups is 1. The van der Waals surface area contributed by atoms with Crippen molar-refractivity contribution in [3.8, 4) is 0 Å². The molecular formula is C11H14N2O2. The number of nitrogens with zero attached hydrogens (tertiary/aromatic N) is 1. The summed E-state index contributed by atoms with van der Waals surface area (Å²) in [7, 11) is 0. The van der Waals surface area contributed by atoms with E-state index in [2.05, 4.69) is 0 Å². The number of nitrogen functional groups attached to an aromatic ring is 1. The fourth-order valence-corrected chi connectivity index (χ4v) is 1.85. The molecule has 1 heterocycles. The fraction of sp³-hybridized carbons (Fsp3) is 0.364. The van der Waals surface area contributed by atoms with Crippen molar-refractivity contribution in [1.29, 1.82) is 0 Å². The van der Waals surface area contributed by atoms with E-state index in [4.69, 9.17) is 10.8 Å². The van der Waals surface area contributed by atoms with Crippen LogP contribution in [0.1, 0.15) is 6.42 Å². The largest absolute Gasteiger partial charge is 0.399 e. The van der Waals surface area contributed by atoms with Crippen molar-refractivity contribution < 1.29 is 9.90 Å². The van der Waals surface area contributed by atoms with Gasteiger partial charge in [-0.15, -0.1) is 0 Å². The summed E-state index contributed by atoms with van der Waals surface area (Å²) in [6, 6.07) is 7.24. The second-order valence-corrected chi connectivity index (χ2v) is 3.85. The van der Waals surface area contributed by atoms with E-state index in [1.807, 2.05) is 12.1 Å². The monoisotopic (exact) mass is 206 g/mol. The van der Waals surface area contributed by atoms with Crippen LogP contribution in [0.3, 0.4) is 0 Å². The second kappa shape index (κ2) is 3.90. The summed E-state index contributed by atoms with van der Waals surface area (Å²) in [6.45, 7) is 0.642. The van der Waals surface area contributed by atoms with Crippen molar-refractivity contribution >= 4 is 17.3 Å². The highest BCUT2D eigenvalue weighted by Gasteiger charge is 2.29. The highest BCUT2D eigenvalue weighted by atomic mass is 16.3. The van der Waals surface area contributed by atoms with Gasteiger partial charge in [-0.25, -0.2) is 0 Å². The van der Waals surface area contributed by atoms with Gasteiger partial charge in [0.2, 0.25) is 5.91 Å². The molecule has 4 nitrogen and oxygen atoms in total. The van der Waals surface area contributed by atoms with E-state index in [1.54, 1.807) is 17.0 Å². The molecule has 2 rings (SSSR count). The molecule has 0 aromatic heterocycles. The molecule has 1 aliphatic heterocycles. The van der Waals surface area contributed by atoms with Gasteiger partial charge in [0.15, 0.2) is 0 Å². The molecule has 0 aliphatic carbocycles. The van der Waals surface area contributed by atoms with Crippen LogP contribution in [0.25, 0.3) is 0 Å². The van der Waals surface area contributed by atoms with Gasteiger partial charge in [-0.05, 0) is 18.2 Å². The zero-order valence-electron chi connectivity index (χ0n) is 8.39. The standard InChI is InChI=1S/C11H14N2O2/c12-9-2-1-3-10(5-9)13-6-8(7-14)4-11(13)15/h1-3,5,8,14H,4,6-7,12H2. The molecule has 4 heteroatoms. The minimum absolute atomic E-state index is 0.0546. The van der Waals surface area contributed by atoms with Crippen LogP contribution >= 0.6 is 0 Å². The van der Waals surface area contributed by atoms with Gasteiger partial charge in [-0.3, -0.25) is 4.79 Å². The molecule has 1 saturated heterocycles. The van der Waals surface area contributed by atoms with Gasteiger partial charge in [-0.2, -0.15) is 0 Å². The highest BCUT2D eigenvalue weighted by Crippen LogP contribution is 2.25. The number of nitrogens with two attached hydrogens (primary N) is 1. The molecule has 0 bridgehead atoms. The SMILES string of the molecule is Nc1cccc(N2CC(CO)CC2=O)c1. The van der Waals surface area contributed by atoms with Gasteiger partial charge >= 0.3 is 0 Å². The Bertz CT molecular complexity index is 379. The first-order valence-corrected chi connectivity index (χ1v) is 4.97. The van der Waals surface area contributed by atoms with Crippen molar-refractivity contribution in [3.63, 3.8) is 0 Å². The number of carbonyl (C=O) groups excluding carboxylic acids is 1. The molecule has 0 saturated carbocycles. The maximum absolute atomic E-state index is 11.6. The van der Waals surface area contributed by atoms with Crippen molar-refractivity contribution in [2.24, 2.45) is 5.92 Å². The summed E-state index contributed by atoms with van der Waals surface area (Å²) in [4.78, 5) is 13.3. The third kappa shape index (κ3) is 1.94. The third-order valence-electron chi connectivity index (χ3n) is 2.65. The van der Waals surface area contributed by atoms with Crippen LogP contribution in [0.2, 0.25) is 0 Å². The van der Waals surface area contributed by atoms with E-state index in [-0.39, 0.29) is 18.4 Å². The quantitative estimate of drug-likeness (QED) is 0.697. The van der Waals surface area contributed by atoms with Crippen LogP contribution < -0.4 is 10.6 Å². The molecule has 1 aromatic carbocycles. The molecule has 1 aliphatic rings. The lowest BCUT2D eigenvalue weighted by molar-refractivity contribution is -0.117. The summed E-state index contributed by atoms with van der Waals surface area (Å²) in [5.41, 5.74) is 7.11. The maximum atomic E-state index is 11.6. The summed E-state index contributed by atoms with van der Waals surface area (Å²) in [5.74, 6) is 0.110. The zero-order chi connectivity index (χ0) is 10.8. The van der Waals surface area contributed by atoms with E-state index in [9.17, 15) is 4.79 Å². The number of anilines is 2. The smallest absolute Gasteiger partial charge is 0.227 e. The summed E-state index contributed by atoms with van der Waals surface area (Å²) in [5, 5.41) is 9.00. The minimum atomic E-state index is 0.0546. The first-order chi connectivity index (χ1) is 7.20. The Labute approximate surface area is 88.3 Å². The molecule has 3 N–H and O–H groups in total. The predicted molar refractivity (Wildman–Crippen MR) is 58.4 cm³/mol. The van der Waals surface area contributed by atoms with Crippen molar-refractivity contribution in [3.05, 3.63) is 24.3 Å². The molecule has 0 spiro atoms. The Balaban J connectivity index is 2.21. The van der Waals surface area contributed by atoms with Gasteiger partial charge in [0.25, 0.3) is 0 Å². The number of benzene rings is 1. The Hall–Kier alpha value is -1.55. The third-order valence-corrected chi connectivity index (χ3v) is 2.65. The number of amides is 1. The summed E-state index contributed by atoms with van der Waals surface area (Å²) in [6.07, 6.45) is 0.422. The number of aliphatic hydroxyl groups excluding tert-OH is 1. The van der Waals surface area contributed by atoms with Crippen LogP contribution in [0.4, 0.5) is 11.4 Å². The van der Waals surface area contributed by atoms with Gasteiger partial charge in [-0.1, -0.05) is 6.07 Å². The molecule has 80 valence electrons.